The van der Waals surface area contributed by atoms with Crippen LogP contribution in [0.4, 0.5) is 15.7 Å². The molecule has 0 atom stereocenters. The van der Waals surface area contributed by atoms with Crippen LogP contribution in [0.15, 0.2) is 47.4 Å². The Balaban J connectivity index is 1.39. The van der Waals surface area contributed by atoms with Gasteiger partial charge in [-0.3, -0.25) is 4.90 Å². The number of nitrogen functional groups attached to an aromatic ring is 2. The number of anilines is 2. The van der Waals surface area contributed by atoms with Crippen LogP contribution in [-0.4, -0.2) is 36.4 Å². The smallest absolute Gasteiger partial charge is 0.332 e. The fraction of sp³-hybridized carbons (Fsp3) is 0.333. The Morgan fingerprint density at radius 2 is 1.77 bits per heavy atom. The number of halogens is 3. The Labute approximate surface area is 214 Å². The van der Waals surface area contributed by atoms with E-state index in [1.807, 2.05) is 12.1 Å². The molecule has 1 aliphatic heterocycles. The normalized spacial score (nSPS) is 15.4. The molecule has 1 fully saturated rings. The summed E-state index contributed by atoms with van der Waals surface area (Å²) in [6.45, 7) is 2.31. The van der Waals surface area contributed by atoms with Crippen LogP contribution in [-0.2, 0) is 23.2 Å². The van der Waals surface area contributed by atoms with Gasteiger partial charge in [0.2, 0.25) is 5.95 Å². The van der Waals surface area contributed by atoms with Crippen molar-refractivity contribution < 1.29 is 12.3 Å². The zero-order valence-corrected chi connectivity index (χ0v) is 21.3. The lowest BCUT2D eigenvalue weighted by molar-refractivity contribution is 0.172. The quantitative estimate of drug-likeness (QED) is 0.402. The lowest BCUT2D eigenvalue weighted by Crippen LogP contribution is -2.33. The van der Waals surface area contributed by atoms with E-state index < -0.39 is 10.2 Å². The molecule has 7 nitrogen and oxygen atoms in total. The van der Waals surface area contributed by atoms with Crippen molar-refractivity contribution in [3.05, 3.63) is 63.8 Å². The Kier molecular flexibility index (Phi) is 7.80. The highest BCUT2D eigenvalue weighted by Crippen LogP contribution is 2.34. The van der Waals surface area contributed by atoms with Crippen molar-refractivity contribution in [3.63, 3.8) is 0 Å². The molecule has 1 aliphatic rings. The first kappa shape index (κ1) is 25.6. The summed E-state index contributed by atoms with van der Waals surface area (Å²) in [5.74, 6) is 0.926. The second-order valence-electron chi connectivity index (χ2n) is 8.76. The summed E-state index contributed by atoms with van der Waals surface area (Å²) in [5, 5.41) is 0.880. The van der Waals surface area contributed by atoms with E-state index in [1.165, 1.54) is 12.1 Å². The minimum atomic E-state index is -4.70. The maximum absolute atomic E-state index is 13.3. The zero-order valence-electron chi connectivity index (χ0n) is 18.9. The molecule has 2 aromatic carbocycles. The van der Waals surface area contributed by atoms with Gasteiger partial charge in [-0.2, -0.15) is 13.4 Å². The van der Waals surface area contributed by atoms with Gasteiger partial charge in [-0.05, 0) is 80.1 Å². The molecule has 0 amide bonds. The third-order valence-electron chi connectivity index (χ3n) is 6.32. The highest BCUT2D eigenvalue weighted by molar-refractivity contribution is 7.86. The first-order valence-corrected chi connectivity index (χ1v) is 13.4. The molecule has 0 spiro atoms. The summed E-state index contributed by atoms with van der Waals surface area (Å²) in [6, 6.07) is 11.4. The van der Waals surface area contributed by atoms with Crippen molar-refractivity contribution >= 4 is 45.2 Å². The van der Waals surface area contributed by atoms with Crippen LogP contribution in [0.2, 0.25) is 10.0 Å². The minimum Gasteiger partial charge on any atom is -0.383 e. The van der Waals surface area contributed by atoms with Crippen molar-refractivity contribution in [3.8, 4) is 11.1 Å². The number of nitrogens with zero attached hydrogens (tertiary/aromatic N) is 3. The molecule has 0 bridgehead atoms. The van der Waals surface area contributed by atoms with E-state index in [4.69, 9.17) is 34.7 Å². The molecule has 35 heavy (non-hydrogen) atoms. The molecule has 11 heteroatoms. The van der Waals surface area contributed by atoms with Crippen LogP contribution in [0.1, 0.15) is 30.5 Å². The van der Waals surface area contributed by atoms with Crippen LogP contribution in [0.3, 0.4) is 0 Å². The molecule has 3 aromatic rings. The summed E-state index contributed by atoms with van der Waals surface area (Å²) >= 11 is 12.3. The summed E-state index contributed by atoms with van der Waals surface area (Å²) in [7, 11) is -4.70. The van der Waals surface area contributed by atoms with Crippen molar-refractivity contribution in [1.29, 1.82) is 0 Å². The standard InChI is InChI=1S/C24H26Cl2FN5O2S/c25-19-6-5-17(13-20(19)26)22-21(30-24(29)31-23(22)28)7-4-15-8-10-32(11-9-15)14-16-2-1-3-18(12-16)35(27,33)34/h1-3,5-6,12-13,15H,4,7-11,14H2,(H4,28,29,30,31). The zero-order chi connectivity index (χ0) is 25.2. The SMILES string of the molecule is Nc1nc(N)c(-c2ccc(Cl)c(Cl)c2)c(CCC2CCN(Cc3cccc(S(=O)(=O)F)c3)CC2)n1. The first-order chi connectivity index (χ1) is 16.6. The van der Waals surface area contributed by atoms with Gasteiger partial charge in [0.1, 0.15) is 5.82 Å². The number of likely N-dealkylation sites (tertiary alicyclic amines) is 1. The van der Waals surface area contributed by atoms with E-state index in [0.717, 1.165) is 54.7 Å². The van der Waals surface area contributed by atoms with Crippen LogP contribution < -0.4 is 11.5 Å². The molecule has 0 saturated carbocycles. The highest BCUT2D eigenvalue weighted by Gasteiger charge is 2.22. The number of aromatic nitrogens is 2. The van der Waals surface area contributed by atoms with Crippen molar-refractivity contribution in [2.45, 2.75) is 37.1 Å². The number of nitrogens with two attached hydrogens (primary N) is 2. The van der Waals surface area contributed by atoms with Crippen LogP contribution in [0.5, 0.6) is 0 Å². The molecular weight excluding hydrogens is 512 g/mol. The summed E-state index contributed by atoms with van der Waals surface area (Å²) in [5.41, 5.74) is 15.2. The Morgan fingerprint density at radius 1 is 1.03 bits per heavy atom. The van der Waals surface area contributed by atoms with Crippen molar-refractivity contribution in [2.24, 2.45) is 5.92 Å². The second kappa shape index (κ2) is 10.7. The van der Waals surface area contributed by atoms with E-state index >= 15 is 0 Å². The molecule has 4 N–H and O–H groups in total. The van der Waals surface area contributed by atoms with E-state index in [9.17, 15) is 12.3 Å². The minimum absolute atomic E-state index is 0.133. The fourth-order valence-corrected chi connectivity index (χ4v) is 5.35. The predicted octanol–water partition coefficient (Wildman–Crippen LogP) is 5.12. The number of hydrogen-bond donors (Lipinski definition) is 2. The van der Waals surface area contributed by atoms with E-state index in [1.54, 1.807) is 18.2 Å². The highest BCUT2D eigenvalue weighted by atomic mass is 35.5. The van der Waals surface area contributed by atoms with Crippen LogP contribution in [0.25, 0.3) is 11.1 Å². The summed E-state index contributed by atoms with van der Waals surface area (Å²) < 4.78 is 35.7. The van der Waals surface area contributed by atoms with Gasteiger partial charge in [0.05, 0.1) is 20.6 Å². The maximum Gasteiger partial charge on any atom is 0.332 e. The molecule has 4 rings (SSSR count). The summed E-state index contributed by atoms with van der Waals surface area (Å²) in [6.07, 6.45) is 3.57. The predicted molar refractivity (Wildman–Crippen MR) is 137 cm³/mol. The van der Waals surface area contributed by atoms with Gasteiger partial charge in [-0.25, -0.2) is 4.98 Å². The fourth-order valence-electron chi connectivity index (χ4n) is 4.52. The van der Waals surface area contributed by atoms with E-state index in [2.05, 4.69) is 14.9 Å². The van der Waals surface area contributed by atoms with Crippen molar-refractivity contribution in [1.82, 2.24) is 14.9 Å². The van der Waals surface area contributed by atoms with Crippen LogP contribution in [0, 0.1) is 5.92 Å². The Hall–Kier alpha value is -2.46. The Bertz CT molecular complexity index is 1330. The lowest BCUT2D eigenvalue weighted by atomic mass is 9.90. The molecular formula is C24H26Cl2FN5O2S. The van der Waals surface area contributed by atoms with Gasteiger partial charge < -0.3 is 11.5 Å². The average Bonchev–Trinajstić information content (AvgIpc) is 2.80. The van der Waals surface area contributed by atoms with Crippen molar-refractivity contribution in [2.75, 3.05) is 24.6 Å². The van der Waals surface area contributed by atoms with Gasteiger partial charge in [0.15, 0.2) is 0 Å². The number of aryl methyl sites for hydroxylation is 1. The van der Waals surface area contributed by atoms with E-state index in [-0.39, 0.29) is 10.8 Å². The molecule has 2 heterocycles. The van der Waals surface area contributed by atoms with Crippen LogP contribution >= 0.6 is 23.2 Å². The molecule has 1 saturated heterocycles. The summed E-state index contributed by atoms with van der Waals surface area (Å²) in [4.78, 5) is 10.5. The number of hydrogen-bond acceptors (Lipinski definition) is 7. The number of benzene rings is 2. The van der Waals surface area contributed by atoms with Gasteiger partial charge in [-0.15, -0.1) is 3.89 Å². The second-order valence-corrected chi connectivity index (χ2v) is 10.9. The number of rotatable bonds is 7. The number of piperidine rings is 1. The maximum atomic E-state index is 13.3. The van der Waals surface area contributed by atoms with E-state index in [0.29, 0.717) is 34.7 Å². The molecule has 0 radical (unpaired) electrons. The molecule has 1 aromatic heterocycles. The topological polar surface area (TPSA) is 115 Å². The third-order valence-corrected chi connectivity index (χ3v) is 7.88. The van der Waals surface area contributed by atoms with Gasteiger partial charge in [-0.1, -0.05) is 41.4 Å². The first-order valence-electron chi connectivity index (χ1n) is 11.2. The van der Waals surface area contributed by atoms with Gasteiger partial charge in [0, 0.05) is 12.1 Å². The van der Waals surface area contributed by atoms with Gasteiger partial charge >= 0.3 is 10.2 Å². The lowest BCUT2D eigenvalue weighted by Gasteiger charge is -2.32. The average molecular weight is 538 g/mol. The monoisotopic (exact) mass is 537 g/mol. The third kappa shape index (κ3) is 6.41. The molecule has 186 valence electrons. The van der Waals surface area contributed by atoms with Gasteiger partial charge in [0.25, 0.3) is 0 Å². The molecule has 0 aliphatic carbocycles. The molecule has 0 unspecified atom stereocenters. The Morgan fingerprint density at radius 3 is 2.46 bits per heavy atom. The largest absolute Gasteiger partial charge is 0.383 e.